The molecule has 4 nitrogen and oxygen atoms in total. The summed E-state index contributed by atoms with van der Waals surface area (Å²) in [7, 11) is 0. The highest BCUT2D eigenvalue weighted by Crippen LogP contribution is 2.26. The van der Waals surface area contributed by atoms with E-state index in [1.165, 1.54) is 0 Å². The van der Waals surface area contributed by atoms with Crippen LogP contribution in [0.2, 0.25) is 0 Å². The molecule has 0 bridgehead atoms. The van der Waals surface area contributed by atoms with E-state index in [9.17, 15) is 9.90 Å². The van der Waals surface area contributed by atoms with Crippen molar-refractivity contribution in [2.24, 2.45) is 0 Å². The Balaban J connectivity index is 2.15. The first-order chi connectivity index (χ1) is 8.20. The van der Waals surface area contributed by atoms with Crippen molar-refractivity contribution in [2.75, 3.05) is 6.61 Å². The van der Waals surface area contributed by atoms with E-state index in [-0.39, 0.29) is 0 Å². The molecule has 0 heterocycles. The number of rotatable bonds is 6. The van der Waals surface area contributed by atoms with Crippen LogP contribution in [0.15, 0.2) is 24.3 Å². The molecule has 0 amide bonds. The van der Waals surface area contributed by atoms with E-state index >= 15 is 0 Å². The number of ether oxygens (including phenoxy) is 1. The van der Waals surface area contributed by atoms with Gasteiger partial charge in [0.2, 0.25) is 0 Å². The van der Waals surface area contributed by atoms with Gasteiger partial charge in [-0.15, -0.1) is 0 Å². The molecule has 1 aromatic carbocycles. The lowest BCUT2D eigenvalue weighted by atomic mass is 10.1. The van der Waals surface area contributed by atoms with E-state index in [2.05, 4.69) is 5.32 Å². The Kier molecular flexibility index (Phi) is 3.64. The van der Waals surface area contributed by atoms with Gasteiger partial charge in [0.15, 0.2) is 0 Å². The van der Waals surface area contributed by atoms with E-state index in [4.69, 9.17) is 4.74 Å². The van der Waals surface area contributed by atoms with Crippen molar-refractivity contribution < 1.29 is 14.6 Å². The van der Waals surface area contributed by atoms with Crippen molar-refractivity contribution in [3.63, 3.8) is 0 Å². The van der Waals surface area contributed by atoms with Crippen molar-refractivity contribution in [2.45, 2.75) is 31.8 Å². The van der Waals surface area contributed by atoms with Gasteiger partial charge in [0.25, 0.3) is 0 Å². The molecule has 2 N–H and O–H groups in total. The maximum absolute atomic E-state index is 11.2. The Morgan fingerprint density at radius 3 is 2.94 bits per heavy atom. The summed E-state index contributed by atoms with van der Waals surface area (Å²) in [5.41, 5.74) is 0.746. The van der Waals surface area contributed by atoms with E-state index in [0.29, 0.717) is 18.4 Å². The van der Waals surface area contributed by atoms with Crippen LogP contribution in [-0.2, 0) is 4.79 Å². The smallest absolute Gasteiger partial charge is 0.325 e. The molecule has 1 atom stereocenters. The van der Waals surface area contributed by atoms with Gasteiger partial charge in [0.05, 0.1) is 6.61 Å². The molecule has 2 rings (SSSR count). The standard InChI is InChI=1S/C13H17NO3/c1-2-17-11-5-3-4-9(8-11)12(13(15)16)14-10-6-7-10/h3-5,8,10,12,14H,2,6-7H2,1H3,(H,15,16). The van der Waals surface area contributed by atoms with Crippen LogP contribution in [0.1, 0.15) is 31.4 Å². The predicted octanol–water partition coefficient (Wildman–Crippen LogP) is 1.96. The Morgan fingerprint density at radius 2 is 2.35 bits per heavy atom. The molecule has 0 radical (unpaired) electrons. The summed E-state index contributed by atoms with van der Waals surface area (Å²) in [6, 6.07) is 6.98. The summed E-state index contributed by atoms with van der Waals surface area (Å²) in [5.74, 6) is -0.126. The Bertz CT molecular complexity index is 401. The third-order valence-corrected chi connectivity index (χ3v) is 2.73. The minimum Gasteiger partial charge on any atom is -0.494 e. The van der Waals surface area contributed by atoms with Gasteiger partial charge in [-0.2, -0.15) is 0 Å². The van der Waals surface area contributed by atoms with Crippen LogP contribution in [0.3, 0.4) is 0 Å². The fourth-order valence-corrected chi connectivity index (χ4v) is 1.75. The van der Waals surface area contributed by atoms with E-state index in [1.54, 1.807) is 6.07 Å². The highest BCUT2D eigenvalue weighted by Gasteiger charge is 2.29. The van der Waals surface area contributed by atoms with Crippen LogP contribution < -0.4 is 10.1 Å². The average molecular weight is 235 g/mol. The van der Waals surface area contributed by atoms with Gasteiger partial charge in [-0.05, 0) is 37.5 Å². The molecule has 1 unspecified atom stereocenters. The summed E-state index contributed by atoms with van der Waals surface area (Å²) < 4.78 is 5.38. The molecule has 0 saturated heterocycles. The van der Waals surface area contributed by atoms with Crippen LogP contribution >= 0.6 is 0 Å². The molecule has 17 heavy (non-hydrogen) atoms. The fraction of sp³-hybridized carbons (Fsp3) is 0.462. The topological polar surface area (TPSA) is 58.6 Å². The van der Waals surface area contributed by atoms with E-state index in [1.807, 2.05) is 25.1 Å². The molecular formula is C13H17NO3. The highest BCUT2D eigenvalue weighted by atomic mass is 16.5. The van der Waals surface area contributed by atoms with Crippen molar-refractivity contribution in [1.29, 1.82) is 0 Å². The molecule has 1 saturated carbocycles. The maximum atomic E-state index is 11.2. The van der Waals surface area contributed by atoms with Crippen molar-refractivity contribution in [1.82, 2.24) is 5.32 Å². The summed E-state index contributed by atoms with van der Waals surface area (Å²) in [6.07, 6.45) is 2.13. The van der Waals surface area contributed by atoms with Gasteiger partial charge >= 0.3 is 5.97 Å². The molecule has 92 valence electrons. The first-order valence-electron chi connectivity index (χ1n) is 5.92. The van der Waals surface area contributed by atoms with Gasteiger partial charge in [-0.3, -0.25) is 10.1 Å². The molecule has 1 aliphatic rings. The van der Waals surface area contributed by atoms with Crippen LogP contribution in [0.4, 0.5) is 0 Å². The van der Waals surface area contributed by atoms with Crippen LogP contribution in [-0.4, -0.2) is 23.7 Å². The number of hydrogen-bond donors (Lipinski definition) is 2. The number of hydrogen-bond acceptors (Lipinski definition) is 3. The lowest BCUT2D eigenvalue weighted by Crippen LogP contribution is -2.30. The zero-order valence-corrected chi connectivity index (χ0v) is 9.85. The summed E-state index contributed by atoms with van der Waals surface area (Å²) in [6.45, 7) is 2.49. The molecule has 0 aromatic heterocycles. The van der Waals surface area contributed by atoms with E-state index in [0.717, 1.165) is 18.4 Å². The monoisotopic (exact) mass is 235 g/mol. The molecule has 1 aliphatic carbocycles. The van der Waals surface area contributed by atoms with Gasteiger partial charge < -0.3 is 9.84 Å². The lowest BCUT2D eigenvalue weighted by molar-refractivity contribution is -0.139. The Labute approximate surface area is 101 Å². The second kappa shape index (κ2) is 5.19. The summed E-state index contributed by atoms with van der Waals surface area (Å²) in [4.78, 5) is 11.2. The first kappa shape index (κ1) is 11.9. The Morgan fingerprint density at radius 1 is 1.59 bits per heavy atom. The van der Waals surface area contributed by atoms with Crippen molar-refractivity contribution in [3.8, 4) is 5.75 Å². The van der Waals surface area contributed by atoms with Crippen LogP contribution in [0.25, 0.3) is 0 Å². The number of aliphatic carboxylic acids is 1. The zero-order valence-electron chi connectivity index (χ0n) is 9.85. The second-order valence-corrected chi connectivity index (χ2v) is 4.22. The van der Waals surface area contributed by atoms with Gasteiger partial charge in [0, 0.05) is 6.04 Å². The van der Waals surface area contributed by atoms with Crippen LogP contribution in [0, 0.1) is 0 Å². The number of carboxylic acid groups (broad SMARTS) is 1. The van der Waals surface area contributed by atoms with Crippen molar-refractivity contribution >= 4 is 5.97 Å². The summed E-state index contributed by atoms with van der Waals surface area (Å²) in [5, 5.41) is 12.3. The summed E-state index contributed by atoms with van der Waals surface area (Å²) >= 11 is 0. The lowest BCUT2D eigenvalue weighted by Gasteiger charge is -2.15. The first-order valence-corrected chi connectivity index (χ1v) is 5.92. The molecule has 4 heteroatoms. The molecule has 1 fully saturated rings. The molecule has 0 aliphatic heterocycles. The normalized spacial score (nSPS) is 16.5. The number of carboxylic acids is 1. The SMILES string of the molecule is CCOc1cccc(C(NC2CC2)C(=O)O)c1. The maximum Gasteiger partial charge on any atom is 0.325 e. The predicted molar refractivity (Wildman–Crippen MR) is 64.1 cm³/mol. The highest BCUT2D eigenvalue weighted by molar-refractivity contribution is 5.75. The van der Waals surface area contributed by atoms with Crippen molar-refractivity contribution in [3.05, 3.63) is 29.8 Å². The third-order valence-electron chi connectivity index (χ3n) is 2.73. The largest absolute Gasteiger partial charge is 0.494 e. The third kappa shape index (κ3) is 3.20. The Hall–Kier alpha value is -1.55. The molecular weight excluding hydrogens is 218 g/mol. The molecule has 0 spiro atoms. The number of nitrogens with one attached hydrogen (secondary N) is 1. The number of benzene rings is 1. The molecule has 1 aromatic rings. The number of carbonyl (C=O) groups is 1. The minimum absolute atomic E-state index is 0.354. The minimum atomic E-state index is -0.842. The van der Waals surface area contributed by atoms with Crippen LogP contribution in [0.5, 0.6) is 5.75 Å². The quantitative estimate of drug-likeness (QED) is 0.791. The second-order valence-electron chi connectivity index (χ2n) is 4.22. The fourth-order valence-electron chi connectivity index (χ4n) is 1.75. The van der Waals surface area contributed by atoms with Gasteiger partial charge in [-0.1, -0.05) is 12.1 Å². The van der Waals surface area contributed by atoms with E-state index < -0.39 is 12.0 Å². The van der Waals surface area contributed by atoms with Gasteiger partial charge in [-0.25, -0.2) is 0 Å². The van der Waals surface area contributed by atoms with Gasteiger partial charge in [0.1, 0.15) is 11.8 Å². The zero-order chi connectivity index (χ0) is 12.3. The average Bonchev–Trinajstić information content (AvgIpc) is 3.10.